The number of carbonyl (C=O) groups excluding carboxylic acids is 1. The van der Waals surface area contributed by atoms with E-state index < -0.39 is 10.0 Å². The topological polar surface area (TPSA) is 78.5 Å². The first-order valence-corrected chi connectivity index (χ1v) is 10.4. The number of rotatable bonds is 7. The number of carbonyl (C=O) groups is 1. The Labute approximate surface area is 156 Å². The van der Waals surface area contributed by atoms with E-state index in [2.05, 4.69) is 34.7 Å². The van der Waals surface area contributed by atoms with Crippen molar-refractivity contribution in [1.82, 2.24) is 14.9 Å². The maximum absolute atomic E-state index is 12.4. The quantitative estimate of drug-likeness (QED) is 0.705. The number of benzene rings is 1. The second kappa shape index (κ2) is 9.17. The van der Waals surface area contributed by atoms with Crippen molar-refractivity contribution in [1.29, 1.82) is 0 Å². The highest BCUT2D eigenvalue weighted by molar-refractivity contribution is 7.89. The van der Waals surface area contributed by atoms with Gasteiger partial charge in [-0.1, -0.05) is 12.0 Å². The van der Waals surface area contributed by atoms with Gasteiger partial charge in [-0.05, 0) is 57.4 Å². The monoisotopic (exact) mass is 377 g/mol. The lowest BCUT2D eigenvalue weighted by Crippen LogP contribution is -2.43. The van der Waals surface area contributed by atoms with Crippen molar-refractivity contribution in [2.45, 2.75) is 37.6 Å². The van der Waals surface area contributed by atoms with Crippen LogP contribution in [-0.4, -0.2) is 51.4 Å². The molecule has 1 fully saturated rings. The lowest BCUT2D eigenvalue weighted by molar-refractivity contribution is 0.0922. The Hall–Kier alpha value is -1.88. The standard InChI is InChI=1S/C19H27N3O3S/c1-4-10-21-26(24,25)18-9-5-8-17(12-18)19(23)20-13-16-7-6-11-22(14-16)15(2)3/h1,5,8-9,12,15-16,21H,6-7,10-11,13-14H2,2-3H3,(H,20,23)/t16-/m1/s1. The largest absolute Gasteiger partial charge is 0.352 e. The molecule has 1 aliphatic heterocycles. The number of nitrogens with zero attached hydrogens (tertiary/aromatic N) is 1. The summed E-state index contributed by atoms with van der Waals surface area (Å²) in [6.07, 6.45) is 7.31. The molecule has 0 unspecified atom stereocenters. The van der Waals surface area contributed by atoms with Crippen molar-refractivity contribution < 1.29 is 13.2 Å². The van der Waals surface area contributed by atoms with E-state index in [1.165, 1.54) is 12.1 Å². The van der Waals surface area contributed by atoms with Gasteiger partial charge in [0, 0.05) is 24.7 Å². The molecule has 1 atom stereocenters. The van der Waals surface area contributed by atoms with E-state index >= 15 is 0 Å². The van der Waals surface area contributed by atoms with Crippen LogP contribution < -0.4 is 10.0 Å². The Morgan fingerprint density at radius 2 is 2.19 bits per heavy atom. The van der Waals surface area contributed by atoms with Gasteiger partial charge in [-0.15, -0.1) is 6.42 Å². The van der Waals surface area contributed by atoms with E-state index in [1.807, 2.05) is 0 Å². The van der Waals surface area contributed by atoms with Crippen molar-refractivity contribution in [2.75, 3.05) is 26.2 Å². The molecule has 7 heteroatoms. The average molecular weight is 378 g/mol. The van der Waals surface area contributed by atoms with E-state index in [0.717, 1.165) is 25.9 Å². The van der Waals surface area contributed by atoms with Crippen molar-refractivity contribution in [3.05, 3.63) is 29.8 Å². The van der Waals surface area contributed by atoms with Gasteiger partial charge in [-0.25, -0.2) is 8.42 Å². The van der Waals surface area contributed by atoms with E-state index in [1.54, 1.807) is 12.1 Å². The summed E-state index contributed by atoms with van der Waals surface area (Å²) in [5.74, 6) is 2.38. The third-order valence-electron chi connectivity index (χ3n) is 4.60. The first-order chi connectivity index (χ1) is 12.3. The van der Waals surface area contributed by atoms with Crippen LogP contribution in [0.1, 0.15) is 37.0 Å². The maximum Gasteiger partial charge on any atom is 0.251 e. The molecule has 0 saturated carbocycles. The molecule has 1 aliphatic rings. The lowest BCUT2D eigenvalue weighted by atomic mass is 9.97. The smallest absolute Gasteiger partial charge is 0.251 e. The molecule has 26 heavy (non-hydrogen) atoms. The zero-order chi connectivity index (χ0) is 19.2. The molecule has 1 amide bonds. The fourth-order valence-corrected chi connectivity index (χ4v) is 4.08. The van der Waals surface area contributed by atoms with Crippen LogP contribution in [0.3, 0.4) is 0 Å². The minimum absolute atomic E-state index is 0.0315. The highest BCUT2D eigenvalue weighted by atomic mass is 32.2. The summed E-state index contributed by atoms with van der Waals surface area (Å²) < 4.78 is 26.5. The molecule has 0 aliphatic carbocycles. The van der Waals surface area contributed by atoms with Crippen molar-refractivity contribution in [2.24, 2.45) is 5.92 Å². The van der Waals surface area contributed by atoms with Gasteiger partial charge in [0.25, 0.3) is 5.91 Å². The van der Waals surface area contributed by atoms with Crippen LogP contribution in [0.25, 0.3) is 0 Å². The number of terminal acetylenes is 1. The first-order valence-electron chi connectivity index (χ1n) is 8.89. The summed E-state index contributed by atoms with van der Waals surface area (Å²) >= 11 is 0. The Morgan fingerprint density at radius 3 is 2.88 bits per heavy atom. The summed E-state index contributed by atoms with van der Waals surface area (Å²) in [6.45, 7) is 6.94. The van der Waals surface area contributed by atoms with Crippen molar-refractivity contribution in [3.63, 3.8) is 0 Å². The van der Waals surface area contributed by atoms with Gasteiger partial charge in [-0.2, -0.15) is 4.72 Å². The SMILES string of the molecule is C#CCNS(=O)(=O)c1cccc(C(=O)NC[C@H]2CCCN(C(C)C)C2)c1. The molecule has 1 aromatic carbocycles. The zero-order valence-corrected chi connectivity index (χ0v) is 16.2. The van der Waals surface area contributed by atoms with Gasteiger partial charge in [0.05, 0.1) is 11.4 Å². The Kier molecular flexibility index (Phi) is 7.21. The number of piperidine rings is 1. The van der Waals surface area contributed by atoms with Crippen molar-refractivity contribution >= 4 is 15.9 Å². The zero-order valence-electron chi connectivity index (χ0n) is 15.4. The Bertz CT molecular complexity index is 768. The number of nitrogens with one attached hydrogen (secondary N) is 2. The number of hydrogen-bond donors (Lipinski definition) is 2. The summed E-state index contributed by atoms with van der Waals surface area (Å²) in [7, 11) is -3.71. The fourth-order valence-electron chi connectivity index (χ4n) is 3.10. The number of amides is 1. The summed E-state index contributed by atoms with van der Waals surface area (Å²) in [5.41, 5.74) is 0.324. The molecule has 0 spiro atoms. The maximum atomic E-state index is 12.4. The molecule has 1 heterocycles. The van der Waals surface area contributed by atoms with Gasteiger partial charge in [0.1, 0.15) is 0 Å². The van der Waals surface area contributed by atoms with Crippen LogP contribution in [0.4, 0.5) is 0 Å². The summed E-state index contributed by atoms with van der Waals surface area (Å²) in [4.78, 5) is 14.9. The summed E-state index contributed by atoms with van der Waals surface area (Å²) in [6, 6.07) is 6.48. The molecule has 2 rings (SSSR count). The van der Waals surface area contributed by atoms with Crippen LogP contribution in [0.15, 0.2) is 29.2 Å². The molecule has 0 radical (unpaired) electrons. The van der Waals surface area contributed by atoms with E-state index in [4.69, 9.17) is 6.42 Å². The first kappa shape index (κ1) is 20.4. The molecule has 2 N–H and O–H groups in total. The van der Waals surface area contributed by atoms with Crippen LogP contribution in [0, 0.1) is 18.3 Å². The predicted octanol–water partition coefficient (Wildman–Crippen LogP) is 1.45. The average Bonchev–Trinajstić information content (AvgIpc) is 2.64. The van der Waals surface area contributed by atoms with Gasteiger partial charge in [0.15, 0.2) is 0 Å². The fraction of sp³-hybridized carbons (Fsp3) is 0.526. The lowest BCUT2D eigenvalue weighted by Gasteiger charge is -2.35. The Morgan fingerprint density at radius 1 is 1.42 bits per heavy atom. The number of likely N-dealkylation sites (tertiary alicyclic amines) is 1. The molecule has 142 valence electrons. The molecule has 0 bridgehead atoms. The molecule has 0 aromatic heterocycles. The van der Waals surface area contributed by atoms with Crippen molar-refractivity contribution in [3.8, 4) is 12.3 Å². The normalized spacial score (nSPS) is 18.5. The molecule has 1 aromatic rings. The molecular formula is C19H27N3O3S. The molecular weight excluding hydrogens is 350 g/mol. The predicted molar refractivity (Wildman–Crippen MR) is 102 cm³/mol. The number of sulfonamides is 1. The van der Waals surface area contributed by atoms with Crippen LogP contribution in [0.2, 0.25) is 0 Å². The van der Waals surface area contributed by atoms with E-state index in [9.17, 15) is 13.2 Å². The molecule has 1 saturated heterocycles. The van der Waals surface area contributed by atoms with Gasteiger partial charge >= 0.3 is 0 Å². The minimum atomic E-state index is -3.71. The van der Waals surface area contributed by atoms with Gasteiger partial charge in [0.2, 0.25) is 10.0 Å². The van der Waals surface area contributed by atoms with Gasteiger partial charge in [-0.3, -0.25) is 4.79 Å². The minimum Gasteiger partial charge on any atom is -0.352 e. The van der Waals surface area contributed by atoms with E-state index in [0.29, 0.717) is 24.1 Å². The second-order valence-corrected chi connectivity index (χ2v) is 8.63. The highest BCUT2D eigenvalue weighted by Crippen LogP contribution is 2.18. The second-order valence-electron chi connectivity index (χ2n) is 6.86. The van der Waals surface area contributed by atoms with Crippen LogP contribution in [-0.2, 0) is 10.0 Å². The van der Waals surface area contributed by atoms with Gasteiger partial charge < -0.3 is 10.2 Å². The third kappa shape index (κ3) is 5.56. The third-order valence-corrected chi connectivity index (χ3v) is 6.00. The summed E-state index contributed by atoms with van der Waals surface area (Å²) in [5, 5.41) is 2.94. The highest BCUT2D eigenvalue weighted by Gasteiger charge is 2.22. The van der Waals surface area contributed by atoms with Crippen LogP contribution >= 0.6 is 0 Å². The van der Waals surface area contributed by atoms with Crippen LogP contribution in [0.5, 0.6) is 0 Å². The molecule has 6 nitrogen and oxygen atoms in total. The number of hydrogen-bond acceptors (Lipinski definition) is 4. The van der Waals surface area contributed by atoms with E-state index in [-0.39, 0.29) is 17.3 Å². The Balaban J connectivity index is 1.98.